The van der Waals surface area contributed by atoms with Crippen LogP contribution >= 0.6 is 0 Å². The lowest BCUT2D eigenvalue weighted by atomic mass is 10.0. The number of ether oxygens (including phenoxy) is 1. The molecule has 8 heteroatoms. The van der Waals surface area contributed by atoms with Gasteiger partial charge >= 0.3 is 6.03 Å². The summed E-state index contributed by atoms with van der Waals surface area (Å²) in [4.78, 5) is 16.3. The molecule has 0 radical (unpaired) electrons. The summed E-state index contributed by atoms with van der Waals surface area (Å²) >= 11 is 0. The molecule has 0 aliphatic heterocycles. The lowest BCUT2D eigenvalue weighted by Crippen LogP contribution is -2.24. The molecule has 2 amide bonds. The molecule has 1 heterocycles. The molecule has 1 aromatic heterocycles. The number of nitrogens with zero attached hydrogens (tertiary/aromatic N) is 1. The zero-order valence-corrected chi connectivity index (χ0v) is 18.5. The molecule has 0 aliphatic carbocycles. The van der Waals surface area contributed by atoms with Crippen molar-refractivity contribution in [2.75, 3.05) is 18.1 Å². The first-order valence-corrected chi connectivity index (χ1v) is 10.5. The van der Waals surface area contributed by atoms with E-state index >= 15 is 0 Å². The highest BCUT2D eigenvalue weighted by Gasteiger charge is 2.16. The number of rotatable bonds is 6. The maximum absolute atomic E-state index is 11.5. The number of para-hydroxylation sites is 1. The summed E-state index contributed by atoms with van der Waals surface area (Å²) in [6, 6.07) is 25.5. The molecule has 8 nitrogen and oxygen atoms in total. The number of nitrogens with two attached hydrogens (primary N) is 2. The Morgan fingerprint density at radius 1 is 0.912 bits per heavy atom. The minimum atomic E-state index is -0.303. The molecule has 0 fully saturated rings. The van der Waals surface area contributed by atoms with Gasteiger partial charge in [0.05, 0.1) is 17.0 Å². The van der Waals surface area contributed by atoms with Crippen molar-refractivity contribution in [1.82, 2.24) is 10.3 Å². The van der Waals surface area contributed by atoms with Gasteiger partial charge in [-0.1, -0.05) is 30.3 Å². The number of aromatic nitrogens is 1. The van der Waals surface area contributed by atoms with E-state index in [4.69, 9.17) is 26.6 Å². The lowest BCUT2D eigenvalue weighted by Gasteiger charge is -2.14. The van der Waals surface area contributed by atoms with Crippen molar-refractivity contribution < 1.29 is 9.53 Å². The number of hydrogen-bond acceptors (Lipinski definition) is 5. The highest BCUT2D eigenvalue weighted by atomic mass is 16.5. The molecule has 34 heavy (non-hydrogen) atoms. The number of anilines is 2. The molecule has 170 valence electrons. The molecule has 0 spiro atoms. The first kappa shape index (κ1) is 22.3. The average molecular weight is 453 g/mol. The molecule has 0 saturated carbocycles. The van der Waals surface area contributed by atoms with Gasteiger partial charge in [-0.3, -0.25) is 5.41 Å². The number of amides is 2. The van der Waals surface area contributed by atoms with E-state index in [1.807, 2.05) is 66.7 Å². The van der Waals surface area contributed by atoms with Crippen molar-refractivity contribution in [3.8, 4) is 34.0 Å². The van der Waals surface area contributed by atoms with E-state index in [0.29, 0.717) is 34.1 Å². The van der Waals surface area contributed by atoms with Gasteiger partial charge < -0.3 is 26.8 Å². The van der Waals surface area contributed by atoms with Crippen LogP contribution in [-0.4, -0.2) is 23.9 Å². The number of urea groups is 1. The van der Waals surface area contributed by atoms with Gasteiger partial charge in [-0.25, -0.2) is 9.78 Å². The third kappa shape index (κ3) is 4.97. The van der Waals surface area contributed by atoms with E-state index in [2.05, 4.69) is 10.6 Å². The van der Waals surface area contributed by atoms with Crippen LogP contribution in [0, 0.1) is 5.41 Å². The second-order valence-electron chi connectivity index (χ2n) is 7.45. The van der Waals surface area contributed by atoms with Gasteiger partial charge in [0.15, 0.2) is 0 Å². The fraction of sp³-hybridized carbons (Fsp3) is 0.0385. The Hall–Kier alpha value is -4.85. The number of benzene rings is 3. The summed E-state index contributed by atoms with van der Waals surface area (Å²) < 4.78 is 5.86. The lowest BCUT2D eigenvalue weighted by molar-refractivity contribution is 0.254. The second kappa shape index (κ2) is 9.74. The predicted octanol–water partition coefficient (Wildman–Crippen LogP) is 4.83. The Labute approximate surface area is 197 Å². The van der Waals surface area contributed by atoms with Crippen molar-refractivity contribution in [1.29, 1.82) is 5.41 Å². The molecule has 0 atom stereocenters. The summed E-state index contributed by atoms with van der Waals surface area (Å²) in [7, 11) is 1.55. The molecule has 0 saturated heterocycles. The van der Waals surface area contributed by atoms with Crippen LogP contribution in [0.1, 0.15) is 5.56 Å². The fourth-order valence-electron chi connectivity index (χ4n) is 3.43. The Kier molecular flexibility index (Phi) is 6.40. The number of nitrogen functional groups attached to an aromatic ring is 2. The number of pyridine rings is 1. The monoisotopic (exact) mass is 452 g/mol. The van der Waals surface area contributed by atoms with E-state index < -0.39 is 0 Å². The molecule has 0 aliphatic rings. The van der Waals surface area contributed by atoms with E-state index in [1.54, 1.807) is 25.2 Å². The smallest absolute Gasteiger partial charge is 0.318 e. The van der Waals surface area contributed by atoms with Gasteiger partial charge in [0.25, 0.3) is 0 Å². The SMILES string of the molecule is CNC(=O)Nc1ccc(-c2cc(N)c(C(=N)N)c(-c3ccc(Oc4ccccc4)cc3)n2)cc1. The Morgan fingerprint density at radius 2 is 1.53 bits per heavy atom. The van der Waals surface area contributed by atoms with Gasteiger partial charge in [0.2, 0.25) is 0 Å². The van der Waals surface area contributed by atoms with Crippen LogP contribution in [0.3, 0.4) is 0 Å². The molecular formula is C26H24N6O2. The largest absolute Gasteiger partial charge is 0.457 e. The zero-order chi connectivity index (χ0) is 24.1. The number of carbonyl (C=O) groups excluding carboxylic acids is 1. The van der Waals surface area contributed by atoms with Gasteiger partial charge in [-0.05, 0) is 54.6 Å². The van der Waals surface area contributed by atoms with Crippen LogP contribution in [-0.2, 0) is 0 Å². The molecule has 0 unspecified atom stereocenters. The van der Waals surface area contributed by atoms with E-state index in [0.717, 1.165) is 16.9 Å². The number of carbonyl (C=O) groups is 1. The third-order valence-electron chi connectivity index (χ3n) is 5.09. The predicted molar refractivity (Wildman–Crippen MR) is 135 cm³/mol. The van der Waals surface area contributed by atoms with Crippen molar-refractivity contribution in [3.63, 3.8) is 0 Å². The molecule has 3 aromatic carbocycles. The second-order valence-corrected chi connectivity index (χ2v) is 7.45. The van der Waals surface area contributed by atoms with E-state index in [9.17, 15) is 4.79 Å². The van der Waals surface area contributed by atoms with Gasteiger partial charge in [-0.2, -0.15) is 0 Å². The third-order valence-corrected chi connectivity index (χ3v) is 5.09. The van der Waals surface area contributed by atoms with Crippen molar-refractivity contribution >= 4 is 23.2 Å². The number of nitrogens with one attached hydrogen (secondary N) is 3. The Morgan fingerprint density at radius 3 is 2.15 bits per heavy atom. The molecular weight excluding hydrogens is 428 g/mol. The maximum Gasteiger partial charge on any atom is 0.318 e. The average Bonchev–Trinajstić information content (AvgIpc) is 2.85. The molecule has 4 rings (SSSR count). The van der Waals surface area contributed by atoms with Crippen LogP contribution in [0.25, 0.3) is 22.5 Å². The zero-order valence-electron chi connectivity index (χ0n) is 18.5. The van der Waals surface area contributed by atoms with Crippen molar-refractivity contribution in [3.05, 3.63) is 90.5 Å². The molecule has 0 bridgehead atoms. The van der Waals surface area contributed by atoms with Gasteiger partial charge in [0, 0.05) is 29.5 Å². The summed E-state index contributed by atoms with van der Waals surface area (Å²) in [5.41, 5.74) is 16.2. The first-order valence-electron chi connectivity index (χ1n) is 10.5. The number of hydrogen-bond donors (Lipinski definition) is 5. The quantitative estimate of drug-likeness (QED) is 0.211. The Balaban J connectivity index is 1.68. The normalized spacial score (nSPS) is 10.4. The minimum Gasteiger partial charge on any atom is -0.457 e. The summed E-state index contributed by atoms with van der Waals surface area (Å²) in [6.45, 7) is 0. The standard InChI is InChI=1S/C26H24N6O2/c1-30-26(33)31-18-11-7-16(8-12-18)22-15-21(27)23(25(28)29)24(32-22)17-9-13-20(14-10-17)34-19-5-3-2-4-6-19/h2-15H,1H3,(H2,27,32)(H3,28,29)(H2,30,31,33). The van der Waals surface area contributed by atoms with Gasteiger partial charge in [-0.15, -0.1) is 0 Å². The maximum atomic E-state index is 11.5. The number of amidine groups is 1. The van der Waals surface area contributed by atoms with Crippen LogP contribution < -0.4 is 26.8 Å². The van der Waals surface area contributed by atoms with Crippen LogP contribution in [0.5, 0.6) is 11.5 Å². The van der Waals surface area contributed by atoms with Crippen molar-refractivity contribution in [2.24, 2.45) is 5.73 Å². The van der Waals surface area contributed by atoms with Crippen LogP contribution in [0.4, 0.5) is 16.2 Å². The minimum absolute atomic E-state index is 0.165. The van der Waals surface area contributed by atoms with E-state index in [-0.39, 0.29) is 11.9 Å². The Bertz CT molecular complexity index is 1320. The summed E-state index contributed by atoms with van der Waals surface area (Å²) in [5.74, 6) is 1.24. The highest BCUT2D eigenvalue weighted by molar-refractivity contribution is 6.06. The topological polar surface area (TPSA) is 139 Å². The highest BCUT2D eigenvalue weighted by Crippen LogP contribution is 2.32. The fourth-order valence-corrected chi connectivity index (χ4v) is 3.43. The first-order chi connectivity index (χ1) is 16.4. The summed E-state index contributed by atoms with van der Waals surface area (Å²) in [6.07, 6.45) is 0. The molecule has 7 N–H and O–H groups in total. The summed E-state index contributed by atoms with van der Waals surface area (Å²) in [5, 5.41) is 13.3. The van der Waals surface area contributed by atoms with Crippen LogP contribution in [0.2, 0.25) is 0 Å². The van der Waals surface area contributed by atoms with Gasteiger partial charge in [0.1, 0.15) is 17.3 Å². The molecule has 4 aromatic rings. The van der Waals surface area contributed by atoms with Crippen molar-refractivity contribution in [2.45, 2.75) is 0 Å². The van der Waals surface area contributed by atoms with E-state index in [1.165, 1.54) is 0 Å². The van der Waals surface area contributed by atoms with Crippen LogP contribution in [0.15, 0.2) is 84.9 Å².